The van der Waals surface area contributed by atoms with Crippen LogP contribution in [0.25, 0.3) is 0 Å². The molecular formula is C32H59NO5. The van der Waals surface area contributed by atoms with Crippen LogP contribution in [0.3, 0.4) is 0 Å². The van der Waals surface area contributed by atoms with Gasteiger partial charge in [0.05, 0.1) is 6.10 Å². The normalized spacial score (nSPS) is 23.1. The molecule has 1 saturated carbocycles. The first kappa shape index (κ1) is 34.8. The van der Waals surface area contributed by atoms with E-state index < -0.39 is 12.2 Å². The topological polar surface area (TPSA) is 88.3 Å². The summed E-state index contributed by atoms with van der Waals surface area (Å²) in [5.41, 5.74) is 1.87. The number of hydrogen-bond acceptors (Lipinski definition) is 6. The number of allylic oxidation sites excluding steroid dienone is 1. The Morgan fingerprint density at radius 2 is 1.74 bits per heavy atom. The Morgan fingerprint density at radius 1 is 1.05 bits per heavy atom. The van der Waals surface area contributed by atoms with Gasteiger partial charge in [-0.2, -0.15) is 0 Å². The zero-order valence-electron chi connectivity index (χ0n) is 25.5. The summed E-state index contributed by atoms with van der Waals surface area (Å²) in [6.07, 6.45) is 12.6. The van der Waals surface area contributed by atoms with Crippen molar-refractivity contribution in [2.75, 3.05) is 13.7 Å². The Balaban J connectivity index is 2.77. The summed E-state index contributed by atoms with van der Waals surface area (Å²) < 4.78 is 11.3. The standard InChI is InChI=1S/C32H59NO5/c1-8-9-10-19-33-30(25(5)20-23(2)3)32(37-7)31(36)26(6)21-24(4)11-17-29(38-22-34)18-14-27-12-15-28(35)16-13-27/h21-25,27-29,31-32,35-36H,8-20H2,1-7H3/b26-21+,33-30?/t24-,25+,27?,28?,29-,31+,32-/m0/s1. The fraction of sp³-hybridized carbons (Fsp3) is 0.875. The van der Waals surface area contributed by atoms with E-state index in [1.165, 1.54) is 0 Å². The Kier molecular flexibility index (Phi) is 18.1. The third kappa shape index (κ3) is 13.7. The number of methoxy groups -OCH3 is 1. The Hall–Kier alpha value is -1.24. The van der Waals surface area contributed by atoms with Crippen LogP contribution in [-0.2, 0) is 14.3 Å². The molecule has 1 aliphatic rings. The second-order valence-electron chi connectivity index (χ2n) is 12.2. The van der Waals surface area contributed by atoms with Gasteiger partial charge in [-0.15, -0.1) is 0 Å². The first-order chi connectivity index (χ1) is 18.1. The first-order valence-electron chi connectivity index (χ1n) is 15.3. The van der Waals surface area contributed by atoms with Crippen LogP contribution >= 0.6 is 0 Å². The summed E-state index contributed by atoms with van der Waals surface area (Å²) in [6.45, 7) is 14.3. The second kappa shape index (κ2) is 19.8. The van der Waals surface area contributed by atoms with Crippen molar-refractivity contribution >= 4 is 12.2 Å². The molecule has 222 valence electrons. The van der Waals surface area contributed by atoms with Crippen molar-refractivity contribution in [1.82, 2.24) is 0 Å². The van der Waals surface area contributed by atoms with E-state index >= 15 is 0 Å². The molecule has 6 heteroatoms. The van der Waals surface area contributed by atoms with Crippen molar-refractivity contribution in [3.8, 4) is 0 Å². The molecule has 0 aromatic carbocycles. The van der Waals surface area contributed by atoms with Crippen molar-refractivity contribution in [3.05, 3.63) is 11.6 Å². The number of nitrogens with zero attached hydrogens (tertiary/aromatic N) is 1. The molecule has 0 spiro atoms. The van der Waals surface area contributed by atoms with Crippen molar-refractivity contribution < 1.29 is 24.5 Å². The largest absolute Gasteiger partial charge is 0.465 e. The number of ether oxygens (including phenoxy) is 2. The molecule has 0 radical (unpaired) electrons. The molecule has 1 aliphatic carbocycles. The van der Waals surface area contributed by atoms with E-state index in [-0.39, 0.29) is 24.0 Å². The number of carbonyl (C=O) groups is 1. The maximum atomic E-state index is 11.3. The van der Waals surface area contributed by atoms with Gasteiger partial charge in [0.1, 0.15) is 18.3 Å². The monoisotopic (exact) mass is 537 g/mol. The maximum Gasteiger partial charge on any atom is 0.293 e. The van der Waals surface area contributed by atoms with Crippen molar-refractivity contribution in [2.45, 2.75) is 143 Å². The highest BCUT2D eigenvalue weighted by Crippen LogP contribution is 2.29. The number of hydrogen-bond donors (Lipinski definition) is 2. The van der Waals surface area contributed by atoms with Gasteiger partial charge >= 0.3 is 0 Å². The smallest absolute Gasteiger partial charge is 0.293 e. The van der Waals surface area contributed by atoms with E-state index in [2.05, 4.69) is 40.7 Å². The summed E-state index contributed by atoms with van der Waals surface area (Å²) in [5.74, 6) is 1.65. The van der Waals surface area contributed by atoms with Gasteiger partial charge in [0, 0.05) is 19.4 Å². The number of unbranched alkanes of at least 4 members (excludes halogenated alkanes) is 2. The van der Waals surface area contributed by atoms with Crippen LogP contribution in [-0.4, -0.2) is 60.5 Å². The molecule has 1 fully saturated rings. The van der Waals surface area contributed by atoms with Crippen molar-refractivity contribution in [2.24, 2.45) is 28.7 Å². The van der Waals surface area contributed by atoms with E-state index in [4.69, 9.17) is 14.5 Å². The third-order valence-electron chi connectivity index (χ3n) is 8.14. The molecule has 0 aromatic heterocycles. The number of rotatable bonds is 20. The molecule has 0 aromatic rings. The van der Waals surface area contributed by atoms with Crippen molar-refractivity contribution in [3.63, 3.8) is 0 Å². The minimum absolute atomic E-state index is 0.0779. The van der Waals surface area contributed by atoms with E-state index in [1.54, 1.807) is 7.11 Å². The predicted octanol–water partition coefficient (Wildman–Crippen LogP) is 6.91. The zero-order chi connectivity index (χ0) is 28.5. The van der Waals surface area contributed by atoms with Gasteiger partial charge in [0.25, 0.3) is 6.47 Å². The van der Waals surface area contributed by atoms with Gasteiger partial charge in [0.15, 0.2) is 0 Å². The Labute approximate surface area is 233 Å². The SMILES string of the molecule is CCCCCN=C([C@H](C)CC(C)C)[C@H](OC)[C@H](O)/C(C)=C/[C@@H](C)CC[C@@H](CCC1CCC(O)CC1)OC=O. The van der Waals surface area contributed by atoms with Gasteiger partial charge in [-0.3, -0.25) is 9.79 Å². The third-order valence-corrected chi connectivity index (χ3v) is 8.14. The highest BCUT2D eigenvalue weighted by Gasteiger charge is 2.30. The highest BCUT2D eigenvalue weighted by molar-refractivity contribution is 5.91. The van der Waals surface area contributed by atoms with Crippen LogP contribution in [0.5, 0.6) is 0 Å². The molecule has 0 saturated heterocycles. The van der Waals surface area contributed by atoms with Gasteiger partial charge in [-0.25, -0.2) is 0 Å². The molecule has 0 heterocycles. The number of aliphatic hydroxyl groups is 2. The average Bonchev–Trinajstić information content (AvgIpc) is 2.87. The van der Waals surface area contributed by atoms with Crippen LogP contribution < -0.4 is 0 Å². The fourth-order valence-corrected chi connectivity index (χ4v) is 5.87. The number of aliphatic hydroxyl groups excluding tert-OH is 2. The van der Waals surface area contributed by atoms with E-state index in [1.807, 2.05) is 6.92 Å². The number of aliphatic imine (C=N–C) groups is 1. The predicted molar refractivity (Wildman–Crippen MR) is 158 cm³/mol. The van der Waals surface area contributed by atoms with E-state index in [0.717, 1.165) is 94.9 Å². The molecule has 6 nitrogen and oxygen atoms in total. The van der Waals surface area contributed by atoms with Crippen LogP contribution in [0.15, 0.2) is 16.6 Å². The average molecular weight is 538 g/mol. The fourth-order valence-electron chi connectivity index (χ4n) is 5.87. The minimum atomic E-state index is -0.745. The lowest BCUT2D eigenvalue weighted by Crippen LogP contribution is -2.40. The molecule has 0 amide bonds. The second-order valence-corrected chi connectivity index (χ2v) is 12.2. The molecule has 1 rings (SSSR count). The lowest BCUT2D eigenvalue weighted by atomic mass is 9.83. The lowest BCUT2D eigenvalue weighted by Gasteiger charge is -2.29. The van der Waals surface area contributed by atoms with Crippen LogP contribution in [0, 0.1) is 23.7 Å². The molecule has 38 heavy (non-hydrogen) atoms. The lowest BCUT2D eigenvalue weighted by molar-refractivity contribution is -0.134. The summed E-state index contributed by atoms with van der Waals surface area (Å²) in [7, 11) is 1.67. The first-order valence-corrected chi connectivity index (χ1v) is 15.3. The zero-order valence-corrected chi connectivity index (χ0v) is 25.5. The van der Waals surface area contributed by atoms with Gasteiger partial charge < -0.3 is 19.7 Å². The number of carbonyl (C=O) groups excluding carboxylic acids is 1. The van der Waals surface area contributed by atoms with Gasteiger partial charge in [0.2, 0.25) is 0 Å². The summed E-state index contributed by atoms with van der Waals surface area (Å²) in [5, 5.41) is 21.1. The van der Waals surface area contributed by atoms with Crippen LogP contribution in [0.1, 0.15) is 119 Å². The molecule has 5 atom stereocenters. The highest BCUT2D eigenvalue weighted by atomic mass is 16.5. The Bertz CT molecular complexity index is 683. The van der Waals surface area contributed by atoms with Crippen LogP contribution in [0.4, 0.5) is 0 Å². The summed E-state index contributed by atoms with van der Waals surface area (Å²) >= 11 is 0. The Morgan fingerprint density at radius 3 is 2.32 bits per heavy atom. The molecule has 0 aliphatic heterocycles. The van der Waals surface area contributed by atoms with Gasteiger partial charge in [-0.1, -0.05) is 53.5 Å². The summed E-state index contributed by atoms with van der Waals surface area (Å²) in [6, 6.07) is 0. The van der Waals surface area contributed by atoms with Crippen molar-refractivity contribution in [1.29, 1.82) is 0 Å². The molecule has 0 unspecified atom stereocenters. The maximum absolute atomic E-state index is 11.3. The van der Waals surface area contributed by atoms with Gasteiger partial charge in [-0.05, 0) is 100 Å². The molecule has 0 bridgehead atoms. The minimum Gasteiger partial charge on any atom is -0.465 e. The van der Waals surface area contributed by atoms with E-state index in [0.29, 0.717) is 18.3 Å². The molecule has 2 N–H and O–H groups in total. The summed E-state index contributed by atoms with van der Waals surface area (Å²) in [4.78, 5) is 16.1. The molecular weight excluding hydrogens is 478 g/mol. The van der Waals surface area contributed by atoms with E-state index in [9.17, 15) is 15.0 Å². The van der Waals surface area contributed by atoms with Crippen LogP contribution in [0.2, 0.25) is 0 Å². The quantitative estimate of drug-likeness (QED) is 0.0762.